The Kier molecular flexibility index (Phi) is 3.49. The van der Waals surface area contributed by atoms with Gasteiger partial charge in [-0.15, -0.1) is 0 Å². The lowest BCUT2D eigenvalue weighted by Gasteiger charge is -2.01. The van der Waals surface area contributed by atoms with Gasteiger partial charge in [0, 0.05) is 10.6 Å². The summed E-state index contributed by atoms with van der Waals surface area (Å²) < 4.78 is 10.6. The van der Waals surface area contributed by atoms with E-state index in [9.17, 15) is 0 Å². The van der Waals surface area contributed by atoms with Crippen molar-refractivity contribution in [3.05, 3.63) is 47.2 Å². The lowest BCUT2D eigenvalue weighted by molar-refractivity contribution is 0.316. The first kappa shape index (κ1) is 11.7. The van der Waals surface area contributed by atoms with Gasteiger partial charge < -0.3 is 9.15 Å². The van der Waals surface area contributed by atoms with Crippen molar-refractivity contribution in [3.63, 3.8) is 0 Å². The maximum absolute atomic E-state index is 7.60. The molecule has 0 unspecified atom stereocenters. The molecule has 0 aliphatic rings. The predicted octanol–water partition coefficient (Wildman–Crippen LogP) is 3.96. The van der Waals surface area contributed by atoms with E-state index in [0.29, 0.717) is 23.2 Å². The van der Waals surface area contributed by atoms with E-state index in [0.717, 1.165) is 5.56 Å². The first-order chi connectivity index (χ1) is 8.20. The molecule has 0 radical (unpaired) electrons. The van der Waals surface area contributed by atoms with Crippen LogP contribution in [-0.2, 0) is 4.74 Å². The van der Waals surface area contributed by atoms with Gasteiger partial charge in [-0.3, -0.25) is 5.41 Å². The highest BCUT2D eigenvalue weighted by Gasteiger charge is 2.09. The standard InChI is InChI=1S/C13H12ClNO2/c1-2-16-13(15)12-8-7-11(17-12)9-3-5-10(14)6-4-9/h3-8,15H,2H2,1H3. The Hall–Kier alpha value is -1.74. The molecule has 1 aromatic carbocycles. The molecule has 2 rings (SSSR count). The van der Waals surface area contributed by atoms with Gasteiger partial charge in [-0.05, 0) is 43.3 Å². The van der Waals surface area contributed by atoms with Gasteiger partial charge in [0.05, 0.1) is 6.61 Å². The van der Waals surface area contributed by atoms with Crippen LogP contribution in [0.3, 0.4) is 0 Å². The van der Waals surface area contributed by atoms with E-state index in [1.807, 2.05) is 25.1 Å². The van der Waals surface area contributed by atoms with Crippen molar-refractivity contribution in [2.24, 2.45) is 0 Å². The molecule has 0 saturated heterocycles. The molecule has 1 N–H and O–H groups in total. The Balaban J connectivity index is 2.23. The van der Waals surface area contributed by atoms with Crippen molar-refractivity contribution in [1.82, 2.24) is 0 Å². The molecular formula is C13H12ClNO2. The molecule has 0 saturated carbocycles. The molecule has 0 aliphatic carbocycles. The van der Waals surface area contributed by atoms with Crippen molar-refractivity contribution in [3.8, 4) is 11.3 Å². The van der Waals surface area contributed by atoms with Gasteiger partial charge in [-0.1, -0.05) is 11.6 Å². The summed E-state index contributed by atoms with van der Waals surface area (Å²) in [7, 11) is 0. The molecule has 0 spiro atoms. The van der Waals surface area contributed by atoms with Gasteiger partial charge in [-0.25, -0.2) is 0 Å². The van der Waals surface area contributed by atoms with Crippen LogP contribution in [0.1, 0.15) is 12.7 Å². The van der Waals surface area contributed by atoms with Crippen LogP contribution >= 0.6 is 11.6 Å². The van der Waals surface area contributed by atoms with Crippen LogP contribution in [0.25, 0.3) is 11.3 Å². The molecule has 4 heteroatoms. The average Bonchev–Trinajstić information content (AvgIpc) is 2.80. The van der Waals surface area contributed by atoms with Crippen LogP contribution in [0.15, 0.2) is 40.8 Å². The van der Waals surface area contributed by atoms with Crippen molar-refractivity contribution in [2.45, 2.75) is 6.92 Å². The highest BCUT2D eigenvalue weighted by molar-refractivity contribution is 6.30. The van der Waals surface area contributed by atoms with Crippen LogP contribution in [0.4, 0.5) is 0 Å². The summed E-state index contributed by atoms with van der Waals surface area (Å²) in [4.78, 5) is 0. The lowest BCUT2D eigenvalue weighted by atomic mass is 10.2. The van der Waals surface area contributed by atoms with Crippen molar-refractivity contribution >= 4 is 17.5 Å². The fourth-order valence-electron chi connectivity index (χ4n) is 1.44. The molecule has 17 heavy (non-hydrogen) atoms. The van der Waals surface area contributed by atoms with Gasteiger partial charge >= 0.3 is 0 Å². The van der Waals surface area contributed by atoms with E-state index >= 15 is 0 Å². The summed E-state index contributed by atoms with van der Waals surface area (Å²) in [5, 5.41) is 8.29. The first-order valence-corrected chi connectivity index (χ1v) is 5.66. The number of hydrogen-bond acceptors (Lipinski definition) is 3. The predicted molar refractivity (Wildman–Crippen MR) is 67.6 cm³/mol. The third-order valence-electron chi connectivity index (χ3n) is 2.25. The minimum absolute atomic E-state index is 0.0488. The van der Waals surface area contributed by atoms with Gasteiger partial charge in [0.15, 0.2) is 5.76 Å². The molecule has 3 nitrogen and oxygen atoms in total. The Morgan fingerprint density at radius 2 is 1.94 bits per heavy atom. The summed E-state index contributed by atoms with van der Waals surface area (Å²) in [6.07, 6.45) is 0. The van der Waals surface area contributed by atoms with Gasteiger partial charge in [0.25, 0.3) is 0 Å². The van der Waals surface area contributed by atoms with Gasteiger partial charge in [0.2, 0.25) is 5.90 Å². The second-order valence-electron chi connectivity index (χ2n) is 3.43. The average molecular weight is 250 g/mol. The van der Waals surface area contributed by atoms with Gasteiger partial charge in [-0.2, -0.15) is 0 Å². The van der Waals surface area contributed by atoms with E-state index in [-0.39, 0.29) is 5.90 Å². The fourth-order valence-corrected chi connectivity index (χ4v) is 1.57. The Labute approximate surface area is 104 Å². The Bertz CT molecular complexity index is 516. The molecule has 0 aliphatic heterocycles. The molecule has 1 heterocycles. The lowest BCUT2D eigenvalue weighted by Crippen LogP contribution is -2.02. The van der Waals surface area contributed by atoms with Crippen molar-refractivity contribution < 1.29 is 9.15 Å². The molecule has 2 aromatic rings. The number of ether oxygens (including phenoxy) is 1. The maximum Gasteiger partial charge on any atom is 0.250 e. The summed E-state index contributed by atoms with van der Waals surface area (Å²) in [5.41, 5.74) is 0.921. The topological polar surface area (TPSA) is 46.2 Å². The number of halogens is 1. The molecule has 0 bridgehead atoms. The zero-order chi connectivity index (χ0) is 12.3. The molecule has 88 valence electrons. The smallest absolute Gasteiger partial charge is 0.250 e. The third kappa shape index (κ3) is 2.68. The Morgan fingerprint density at radius 1 is 1.24 bits per heavy atom. The third-order valence-corrected chi connectivity index (χ3v) is 2.50. The van der Waals surface area contributed by atoms with E-state index in [1.165, 1.54) is 0 Å². The van der Waals surface area contributed by atoms with Crippen LogP contribution in [-0.4, -0.2) is 12.5 Å². The molecule has 1 aromatic heterocycles. The fraction of sp³-hybridized carbons (Fsp3) is 0.154. The van der Waals surface area contributed by atoms with Crippen LogP contribution < -0.4 is 0 Å². The van der Waals surface area contributed by atoms with E-state index in [2.05, 4.69) is 0 Å². The molecule has 0 atom stereocenters. The zero-order valence-corrected chi connectivity index (χ0v) is 10.1. The maximum atomic E-state index is 7.60. The normalized spacial score (nSPS) is 10.2. The quantitative estimate of drug-likeness (QED) is 0.661. The van der Waals surface area contributed by atoms with Crippen molar-refractivity contribution in [2.75, 3.05) is 6.61 Å². The van der Waals surface area contributed by atoms with Gasteiger partial charge in [0.1, 0.15) is 5.76 Å². The molecule has 0 fully saturated rings. The van der Waals surface area contributed by atoms with Crippen LogP contribution in [0.5, 0.6) is 0 Å². The minimum Gasteiger partial charge on any atom is -0.476 e. The Morgan fingerprint density at radius 3 is 2.59 bits per heavy atom. The van der Waals surface area contributed by atoms with Crippen molar-refractivity contribution in [1.29, 1.82) is 5.41 Å². The second kappa shape index (κ2) is 5.06. The minimum atomic E-state index is 0.0488. The summed E-state index contributed by atoms with van der Waals surface area (Å²) in [6.45, 7) is 2.29. The van der Waals surface area contributed by atoms with Crippen LogP contribution in [0, 0.1) is 5.41 Å². The van der Waals surface area contributed by atoms with E-state index in [4.69, 9.17) is 26.2 Å². The first-order valence-electron chi connectivity index (χ1n) is 5.28. The summed E-state index contributed by atoms with van der Waals surface area (Å²) >= 11 is 5.81. The number of nitrogens with one attached hydrogen (secondary N) is 1. The number of benzene rings is 1. The second-order valence-corrected chi connectivity index (χ2v) is 3.87. The highest BCUT2D eigenvalue weighted by atomic mass is 35.5. The summed E-state index contributed by atoms with van der Waals surface area (Å²) in [5.74, 6) is 1.17. The monoisotopic (exact) mass is 249 g/mol. The largest absolute Gasteiger partial charge is 0.476 e. The van der Waals surface area contributed by atoms with E-state index < -0.39 is 0 Å². The van der Waals surface area contributed by atoms with Crippen LogP contribution in [0.2, 0.25) is 5.02 Å². The SMILES string of the molecule is CCOC(=N)c1ccc(-c2ccc(Cl)cc2)o1. The zero-order valence-electron chi connectivity index (χ0n) is 9.37. The molecule has 0 amide bonds. The summed E-state index contributed by atoms with van der Waals surface area (Å²) in [6, 6.07) is 10.9. The number of rotatable bonds is 3. The molecular weight excluding hydrogens is 238 g/mol. The number of furan rings is 1. The number of hydrogen-bond donors (Lipinski definition) is 1. The highest BCUT2D eigenvalue weighted by Crippen LogP contribution is 2.24. The van der Waals surface area contributed by atoms with E-state index in [1.54, 1.807) is 18.2 Å².